The summed E-state index contributed by atoms with van der Waals surface area (Å²) in [5.41, 5.74) is 0. The quantitative estimate of drug-likeness (QED) is 0.803. The number of hydrogen-bond donors (Lipinski definition) is 2. The summed E-state index contributed by atoms with van der Waals surface area (Å²) in [6, 6.07) is 4.60. The Morgan fingerprint density at radius 3 is 2.70 bits per heavy atom. The van der Waals surface area contributed by atoms with Crippen molar-refractivity contribution in [3.8, 4) is 5.75 Å². The van der Waals surface area contributed by atoms with Crippen molar-refractivity contribution < 1.29 is 22.7 Å². The third-order valence-corrected chi connectivity index (χ3v) is 2.91. The van der Waals surface area contributed by atoms with E-state index in [1.165, 1.54) is 24.3 Å². The minimum Gasteiger partial charge on any atom is -0.492 e. The minimum absolute atomic E-state index is 0.181. The molecule has 110 valence electrons. The first kappa shape index (κ1) is 14.6. The van der Waals surface area contributed by atoms with Crippen molar-refractivity contribution in [3.05, 3.63) is 30.1 Å². The Kier molecular flexibility index (Phi) is 4.49. The predicted octanol–water partition coefficient (Wildman–Crippen LogP) is 1.32. The lowest BCUT2D eigenvalue weighted by Crippen LogP contribution is -2.41. The summed E-state index contributed by atoms with van der Waals surface area (Å²) >= 11 is 0. The van der Waals surface area contributed by atoms with Gasteiger partial charge in [-0.2, -0.15) is 0 Å². The molecular formula is C13H15F3N2O2. The average Bonchev–Trinajstić information content (AvgIpc) is 2.77. The number of rotatable bonds is 5. The molecule has 0 aromatic heterocycles. The molecule has 1 aromatic carbocycles. The number of ether oxygens (including phenoxy) is 1. The Labute approximate surface area is 114 Å². The molecule has 1 saturated heterocycles. The van der Waals surface area contributed by atoms with Crippen LogP contribution in [0.5, 0.6) is 5.75 Å². The van der Waals surface area contributed by atoms with Gasteiger partial charge < -0.3 is 10.1 Å². The highest BCUT2D eigenvalue weighted by molar-refractivity contribution is 5.82. The van der Waals surface area contributed by atoms with E-state index in [0.29, 0.717) is 5.75 Å². The standard InChI is InChI=1S/C13H15F3N2O2/c14-9-1-3-10(4-2-9)20-6-5-17-12(19)11-7-13(15,16)8-18-11/h1-4,11,18H,5-8H2,(H,17,19). The molecule has 1 heterocycles. The lowest BCUT2D eigenvalue weighted by molar-refractivity contribution is -0.123. The van der Waals surface area contributed by atoms with Gasteiger partial charge >= 0.3 is 0 Å². The molecule has 20 heavy (non-hydrogen) atoms. The number of carbonyl (C=O) groups is 1. The van der Waals surface area contributed by atoms with Gasteiger partial charge in [0.1, 0.15) is 18.2 Å². The number of halogens is 3. The Balaban J connectivity index is 1.66. The van der Waals surface area contributed by atoms with Crippen LogP contribution in [0, 0.1) is 5.82 Å². The fraction of sp³-hybridized carbons (Fsp3) is 0.462. The summed E-state index contributed by atoms with van der Waals surface area (Å²) < 4.78 is 43.7. The van der Waals surface area contributed by atoms with E-state index in [2.05, 4.69) is 10.6 Å². The van der Waals surface area contributed by atoms with Crippen LogP contribution >= 0.6 is 0 Å². The highest BCUT2D eigenvalue weighted by Gasteiger charge is 2.42. The number of alkyl halides is 2. The second-order valence-corrected chi connectivity index (χ2v) is 4.59. The summed E-state index contributed by atoms with van der Waals surface area (Å²) in [6.07, 6.45) is -0.488. The summed E-state index contributed by atoms with van der Waals surface area (Å²) in [5.74, 6) is -3.18. The SMILES string of the molecule is O=C(NCCOc1ccc(F)cc1)C1CC(F)(F)CN1. The Morgan fingerprint density at radius 1 is 1.40 bits per heavy atom. The van der Waals surface area contributed by atoms with Gasteiger partial charge in [-0.05, 0) is 24.3 Å². The number of nitrogens with one attached hydrogen (secondary N) is 2. The molecule has 1 atom stereocenters. The summed E-state index contributed by atoms with van der Waals surface area (Å²) in [5, 5.41) is 4.98. The average molecular weight is 288 g/mol. The molecule has 1 unspecified atom stereocenters. The normalized spacial score (nSPS) is 20.6. The number of benzene rings is 1. The molecule has 0 aliphatic carbocycles. The van der Waals surface area contributed by atoms with Gasteiger partial charge in [0.05, 0.1) is 19.1 Å². The van der Waals surface area contributed by atoms with Gasteiger partial charge in [-0.1, -0.05) is 0 Å². The summed E-state index contributed by atoms with van der Waals surface area (Å²) in [4.78, 5) is 11.6. The molecular weight excluding hydrogens is 273 g/mol. The molecule has 7 heteroatoms. The first-order valence-electron chi connectivity index (χ1n) is 6.24. The van der Waals surface area contributed by atoms with Crippen LogP contribution in [0.3, 0.4) is 0 Å². The molecule has 0 bridgehead atoms. The van der Waals surface area contributed by atoms with E-state index in [4.69, 9.17) is 4.74 Å². The molecule has 4 nitrogen and oxygen atoms in total. The van der Waals surface area contributed by atoms with Crippen LogP contribution in [0.15, 0.2) is 24.3 Å². The lowest BCUT2D eigenvalue weighted by atomic mass is 10.2. The molecule has 2 rings (SSSR count). The van der Waals surface area contributed by atoms with E-state index in [-0.39, 0.29) is 19.0 Å². The largest absolute Gasteiger partial charge is 0.492 e. The van der Waals surface area contributed by atoms with Gasteiger partial charge in [-0.3, -0.25) is 10.1 Å². The van der Waals surface area contributed by atoms with Gasteiger partial charge in [0.25, 0.3) is 5.92 Å². The van der Waals surface area contributed by atoms with E-state index in [0.717, 1.165) is 0 Å². The van der Waals surface area contributed by atoms with Gasteiger partial charge in [0.2, 0.25) is 5.91 Å². The molecule has 1 amide bonds. The van der Waals surface area contributed by atoms with Crippen molar-refractivity contribution in [2.75, 3.05) is 19.7 Å². The molecule has 0 spiro atoms. The molecule has 1 aliphatic heterocycles. The van der Waals surface area contributed by atoms with Crippen molar-refractivity contribution in [3.63, 3.8) is 0 Å². The third kappa shape index (κ3) is 4.12. The highest BCUT2D eigenvalue weighted by Crippen LogP contribution is 2.24. The van der Waals surface area contributed by atoms with Crippen LogP contribution in [0.1, 0.15) is 6.42 Å². The molecule has 0 saturated carbocycles. The number of carbonyl (C=O) groups excluding carboxylic acids is 1. The van der Waals surface area contributed by atoms with Gasteiger partial charge in [-0.25, -0.2) is 13.2 Å². The second kappa shape index (κ2) is 6.13. The maximum atomic E-state index is 12.9. The predicted molar refractivity (Wildman–Crippen MR) is 66.3 cm³/mol. The molecule has 2 N–H and O–H groups in total. The van der Waals surface area contributed by atoms with E-state index in [1.807, 2.05) is 0 Å². The van der Waals surface area contributed by atoms with E-state index in [9.17, 15) is 18.0 Å². The second-order valence-electron chi connectivity index (χ2n) is 4.59. The topological polar surface area (TPSA) is 50.4 Å². The Bertz CT molecular complexity index is 465. The smallest absolute Gasteiger partial charge is 0.262 e. The van der Waals surface area contributed by atoms with Gasteiger partial charge in [0.15, 0.2) is 0 Å². The zero-order valence-electron chi connectivity index (χ0n) is 10.7. The maximum Gasteiger partial charge on any atom is 0.262 e. The summed E-state index contributed by atoms with van der Waals surface area (Å²) in [6.45, 7) is -0.0996. The van der Waals surface area contributed by atoms with Crippen LogP contribution in [-0.4, -0.2) is 37.6 Å². The zero-order chi connectivity index (χ0) is 14.6. The maximum absolute atomic E-state index is 12.9. The van der Waals surface area contributed by atoms with Crippen LogP contribution in [-0.2, 0) is 4.79 Å². The minimum atomic E-state index is -2.83. The monoisotopic (exact) mass is 288 g/mol. The Morgan fingerprint density at radius 2 is 2.10 bits per heavy atom. The fourth-order valence-electron chi connectivity index (χ4n) is 1.90. The van der Waals surface area contributed by atoms with E-state index in [1.54, 1.807) is 0 Å². The van der Waals surface area contributed by atoms with Crippen molar-refractivity contribution in [1.82, 2.24) is 10.6 Å². The molecule has 1 aromatic rings. The van der Waals surface area contributed by atoms with Crippen molar-refractivity contribution in [1.29, 1.82) is 0 Å². The third-order valence-electron chi connectivity index (χ3n) is 2.91. The van der Waals surface area contributed by atoms with Crippen molar-refractivity contribution in [2.24, 2.45) is 0 Å². The first-order chi connectivity index (χ1) is 9.46. The van der Waals surface area contributed by atoms with Crippen LogP contribution in [0.2, 0.25) is 0 Å². The molecule has 1 fully saturated rings. The Hall–Kier alpha value is -1.76. The lowest BCUT2D eigenvalue weighted by Gasteiger charge is -2.11. The van der Waals surface area contributed by atoms with Crippen LogP contribution in [0.25, 0.3) is 0 Å². The first-order valence-corrected chi connectivity index (χ1v) is 6.24. The molecule has 0 radical (unpaired) electrons. The summed E-state index contributed by atoms with van der Waals surface area (Å²) in [7, 11) is 0. The van der Waals surface area contributed by atoms with Crippen LogP contribution < -0.4 is 15.4 Å². The molecule has 1 aliphatic rings. The van der Waals surface area contributed by atoms with Gasteiger partial charge in [0, 0.05) is 6.42 Å². The van der Waals surface area contributed by atoms with E-state index >= 15 is 0 Å². The fourth-order valence-corrected chi connectivity index (χ4v) is 1.90. The van der Waals surface area contributed by atoms with Gasteiger partial charge in [-0.15, -0.1) is 0 Å². The van der Waals surface area contributed by atoms with Crippen molar-refractivity contribution >= 4 is 5.91 Å². The van der Waals surface area contributed by atoms with E-state index < -0.39 is 30.8 Å². The number of hydrogen-bond acceptors (Lipinski definition) is 3. The number of amides is 1. The highest BCUT2D eigenvalue weighted by atomic mass is 19.3. The zero-order valence-corrected chi connectivity index (χ0v) is 10.7. The van der Waals surface area contributed by atoms with Crippen molar-refractivity contribution in [2.45, 2.75) is 18.4 Å². The van der Waals surface area contributed by atoms with Crippen LogP contribution in [0.4, 0.5) is 13.2 Å².